The van der Waals surface area contributed by atoms with E-state index in [-0.39, 0.29) is 5.92 Å². The Hall–Kier alpha value is -1.39. The van der Waals surface area contributed by atoms with Gasteiger partial charge >= 0.3 is 6.03 Å². The molecular weight excluding hydrogens is 196 g/mol. The van der Waals surface area contributed by atoms with Gasteiger partial charge in [0.05, 0.1) is 5.41 Å². The first kappa shape index (κ1) is 11.7. The molecule has 0 radical (unpaired) electrons. The molecule has 0 spiro atoms. The van der Waals surface area contributed by atoms with Crippen LogP contribution in [0.3, 0.4) is 0 Å². The van der Waals surface area contributed by atoms with E-state index in [9.17, 15) is 14.7 Å². The Morgan fingerprint density at radius 2 is 2.07 bits per heavy atom. The maximum absolute atomic E-state index is 11.8. The van der Waals surface area contributed by atoms with E-state index in [1.165, 1.54) is 0 Å². The number of rotatable bonds is 3. The molecule has 0 bridgehead atoms. The average molecular weight is 211 g/mol. The third-order valence-electron chi connectivity index (χ3n) is 3.22. The van der Waals surface area contributed by atoms with E-state index in [2.05, 4.69) is 10.3 Å². The molecular formula is C10H15N2O3-. The SMILES string of the molecule is CCC(C)C1(CC)C(=O)NC(=O)N=C1[O-]. The number of carbonyl (C=O) groups excluding carboxylic acids is 2. The first-order chi connectivity index (χ1) is 6.98. The molecule has 1 aliphatic heterocycles. The number of urea groups is 1. The van der Waals surface area contributed by atoms with Gasteiger partial charge in [0, 0.05) is 0 Å². The van der Waals surface area contributed by atoms with Gasteiger partial charge in [-0.3, -0.25) is 10.1 Å². The van der Waals surface area contributed by atoms with E-state index in [4.69, 9.17) is 0 Å². The summed E-state index contributed by atoms with van der Waals surface area (Å²) in [4.78, 5) is 26.0. The van der Waals surface area contributed by atoms with Crippen LogP contribution < -0.4 is 10.4 Å². The van der Waals surface area contributed by atoms with E-state index in [1.807, 2.05) is 13.8 Å². The van der Waals surface area contributed by atoms with Gasteiger partial charge in [-0.15, -0.1) is 0 Å². The Balaban J connectivity index is 3.22. The summed E-state index contributed by atoms with van der Waals surface area (Å²) in [6.07, 6.45) is 1.06. The molecule has 0 saturated carbocycles. The van der Waals surface area contributed by atoms with Crippen LogP contribution in [0.5, 0.6) is 0 Å². The molecule has 0 aliphatic carbocycles. The molecule has 3 amide bonds. The van der Waals surface area contributed by atoms with E-state index < -0.39 is 23.3 Å². The molecule has 1 N–H and O–H groups in total. The maximum Gasteiger partial charge on any atom is 0.346 e. The van der Waals surface area contributed by atoms with Crippen molar-refractivity contribution in [3.63, 3.8) is 0 Å². The minimum absolute atomic E-state index is 0.119. The number of nitrogens with one attached hydrogen (secondary N) is 1. The van der Waals surface area contributed by atoms with Crippen molar-refractivity contribution in [2.24, 2.45) is 16.3 Å². The fourth-order valence-electron chi connectivity index (χ4n) is 1.97. The molecule has 5 nitrogen and oxygen atoms in total. The quantitative estimate of drug-likeness (QED) is 0.735. The number of nitrogens with zero attached hydrogens (tertiary/aromatic N) is 1. The summed E-state index contributed by atoms with van der Waals surface area (Å²) in [6.45, 7) is 5.49. The first-order valence-electron chi connectivity index (χ1n) is 5.10. The van der Waals surface area contributed by atoms with E-state index in [0.717, 1.165) is 0 Å². The molecule has 1 heterocycles. The molecule has 0 saturated heterocycles. The second-order valence-corrected chi connectivity index (χ2v) is 3.81. The van der Waals surface area contributed by atoms with Gasteiger partial charge < -0.3 is 5.11 Å². The molecule has 2 atom stereocenters. The van der Waals surface area contributed by atoms with Crippen LogP contribution in [0.15, 0.2) is 4.99 Å². The highest BCUT2D eigenvalue weighted by Gasteiger charge is 2.44. The van der Waals surface area contributed by atoms with Crippen LogP contribution in [0, 0.1) is 11.3 Å². The van der Waals surface area contributed by atoms with E-state index in [0.29, 0.717) is 12.8 Å². The maximum atomic E-state index is 11.8. The fraction of sp³-hybridized carbons (Fsp3) is 0.700. The summed E-state index contributed by atoms with van der Waals surface area (Å²) in [5.41, 5.74) is -1.15. The van der Waals surface area contributed by atoms with Gasteiger partial charge in [0.1, 0.15) is 0 Å². The van der Waals surface area contributed by atoms with Gasteiger partial charge in [-0.2, -0.15) is 0 Å². The average Bonchev–Trinajstić information content (AvgIpc) is 2.17. The molecule has 0 aromatic carbocycles. The topological polar surface area (TPSA) is 81.6 Å². The second-order valence-electron chi connectivity index (χ2n) is 3.81. The van der Waals surface area contributed by atoms with Crippen LogP contribution in [0.25, 0.3) is 0 Å². The number of amides is 3. The number of carbonyl (C=O) groups is 2. The van der Waals surface area contributed by atoms with Gasteiger partial charge in [-0.1, -0.05) is 27.2 Å². The minimum atomic E-state index is -1.15. The summed E-state index contributed by atoms with van der Waals surface area (Å²) in [7, 11) is 0. The van der Waals surface area contributed by atoms with Crippen LogP contribution in [0.1, 0.15) is 33.6 Å². The van der Waals surface area contributed by atoms with E-state index in [1.54, 1.807) is 6.92 Å². The number of aliphatic imine (C=N–C) groups is 1. The highest BCUT2D eigenvalue weighted by atomic mass is 16.3. The first-order valence-corrected chi connectivity index (χ1v) is 5.10. The van der Waals surface area contributed by atoms with Crippen molar-refractivity contribution in [3.05, 3.63) is 0 Å². The Morgan fingerprint density at radius 1 is 1.47 bits per heavy atom. The lowest BCUT2D eigenvalue weighted by atomic mass is 9.71. The molecule has 0 aromatic rings. The zero-order valence-corrected chi connectivity index (χ0v) is 9.16. The predicted octanol–water partition coefficient (Wildman–Crippen LogP) is 0.438. The summed E-state index contributed by atoms with van der Waals surface area (Å²) in [6, 6.07) is -0.850. The van der Waals surface area contributed by atoms with Crippen molar-refractivity contribution < 1.29 is 14.7 Å². The Morgan fingerprint density at radius 3 is 2.47 bits per heavy atom. The molecule has 1 rings (SSSR count). The second kappa shape index (κ2) is 4.00. The Bertz CT molecular complexity index is 325. The highest BCUT2D eigenvalue weighted by Crippen LogP contribution is 2.35. The third-order valence-corrected chi connectivity index (χ3v) is 3.22. The van der Waals surface area contributed by atoms with Gasteiger partial charge in [0.2, 0.25) is 5.91 Å². The predicted molar refractivity (Wildman–Crippen MR) is 53.2 cm³/mol. The molecule has 15 heavy (non-hydrogen) atoms. The highest BCUT2D eigenvalue weighted by molar-refractivity contribution is 6.16. The van der Waals surface area contributed by atoms with Crippen LogP contribution in [0.4, 0.5) is 4.79 Å². The summed E-state index contributed by atoms with van der Waals surface area (Å²) in [5, 5.41) is 13.8. The smallest absolute Gasteiger partial charge is 0.346 e. The standard InChI is InChI=1S/C10H16N2O3/c1-4-6(3)10(5-2)7(13)11-9(15)12-8(10)14/h6H,4-5H2,1-3H3,(H2,11,12,13,14,15)/p-1. The van der Waals surface area contributed by atoms with Crippen molar-refractivity contribution in [1.82, 2.24) is 5.32 Å². The van der Waals surface area contributed by atoms with Crippen LogP contribution in [-0.4, -0.2) is 17.8 Å². The van der Waals surface area contributed by atoms with Crippen LogP contribution in [0.2, 0.25) is 0 Å². The Labute approximate surface area is 88.6 Å². The number of imide groups is 1. The van der Waals surface area contributed by atoms with Gasteiger partial charge in [0.15, 0.2) is 0 Å². The summed E-state index contributed by atoms with van der Waals surface area (Å²) >= 11 is 0. The van der Waals surface area contributed by atoms with Crippen molar-refractivity contribution in [2.75, 3.05) is 0 Å². The number of hydrogen-bond donors (Lipinski definition) is 1. The summed E-state index contributed by atoms with van der Waals surface area (Å²) < 4.78 is 0. The number of hydrogen-bond acceptors (Lipinski definition) is 3. The molecule has 84 valence electrons. The van der Waals surface area contributed by atoms with Gasteiger partial charge in [-0.05, 0) is 18.2 Å². The van der Waals surface area contributed by atoms with Crippen molar-refractivity contribution >= 4 is 17.8 Å². The lowest BCUT2D eigenvalue weighted by Gasteiger charge is -2.42. The zero-order chi connectivity index (χ0) is 11.6. The molecule has 5 heteroatoms. The van der Waals surface area contributed by atoms with Crippen molar-refractivity contribution in [1.29, 1.82) is 0 Å². The van der Waals surface area contributed by atoms with Crippen LogP contribution in [-0.2, 0) is 4.79 Å². The molecule has 0 fully saturated rings. The van der Waals surface area contributed by atoms with Crippen molar-refractivity contribution in [3.8, 4) is 0 Å². The van der Waals surface area contributed by atoms with Crippen LogP contribution >= 0.6 is 0 Å². The third kappa shape index (κ3) is 1.62. The van der Waals surface area contributed by atoms with Crippen molar-refractivity contribution in [2.45, 2.75) is 33.6 Å². The van der Waals surface area contributed by atoms with E-state index >= 15 is 0 Å². The monoisotopic (exact) mass is 211 g/mol. The largest absolute Gasteiger partial charge is 0.861 e. The molecule has 1 aliphatic rings. The summed E-state index contributed by atoms with van der Waals surface area (Å²) in [5.74, 6) is -1.23. The fourth-order valence-corrected chi connectivity index (χ4v) is 1.97. The molecule has 2 unspecified atom stereocenters. The van der Waals surface area contributed by atoms with Gasteiger partial charge in [-0.25, -0.2) is 9.79 Å². The normalized spacial score (nSPS) is 28.3. The lowest BCUT2D eigenvalue weighted by Crippen LogP contribution is -2.59. The lowest BCUT2D eigenvalue weighted by molar-refractivity contribution is -0.234. The minimum Gasteiger partial charge on any atom is -0.861 e. The van der Waals surface area contributed by atoms with Gasteiger partial charge in [0.25, 0.3) is 0 Å². The Kier molecular flexibility index (Phi) is 3.12. The molecule has 0 aromatic heterocycles. The zero-order valence-electron chi connectivity index (χ0n) is 9.16.